The Hall–Kier alpha value is -2.77. The van der Waals surface area contributed by atoms with Crippen molar-refractivity contribution in [1.29, 1.82) is 0 Å². The number of nitrogens with one attached hydrogen (secondary N) is 1. The Balaban J connectivity index is 1.52. The lowest BCUT2D eigenvalue weighted by Gasteiger charge is -2.55. The van der Waals surface area contributed by atoms with E-state index in [-0.39, 0.29) is 22.7 Å². The third-order valence-corrected chi connectivity index (χ3v) is 9.79. The molecule has 0 aromatic heterocycles. The molecule has 7 nitrogen and oxygen atoms in total. The van der Waals surface area contributed by atoms with Gasteiger partial charge in [0.1, 0.15) is 0 Å². The molecule has 0 aliphatic heterocycles. The molecule has 1 aromatic carbocycles. The summed E-state index contributed by atoms with van der Waals surface area (Å²) in [5.41, 5.74) is 6.07. The SMILES string of the molecule is CCNC(=O)ON=Cc1ccc([C@H]2C[C@@]3(C)[C@@H](CC[C@]3(COC)OC)[C@@H]3CCC4=CC(=O)CCC4=C32)cc1. The fourth-order valence-electron chi connectivity index (χ4n) is 8.03. The Morgan fingerprint density at radius 3 is 2.66 bits per heavy atom. The zero-order valence-electron chi connectivity index (χ0n) is 23.0. The van der Waals surface area contributed by atoms with Gasteiger partial charge in [-0.2, -0.15) is 0 Å². The molecule has 1 aromatic rings. The Morgan fingerprint density at radius 1 is 1.16 bits per heavy atom. The molecule has 1 amide bonds. The van der Waals surface area contributed by atoms with Crippen LogP contribution in [0.4, 0.5) is 4.79 Å². The first-order valence-corrected chi connectivity index (χ1v) is 13.9. The fourth-order valence-corrected chi connectivity index (χ4v) is 8.03. The maximum Gasteiger partial charge on any atom is 0.433 e. The van der Waals surface area contributed by atoms with Gasteiger partial charge in [0.25, 0.3) is 0 Å². The van der Waals surface area contributed by atoms with E-state index < -0.39 is 6.09 Å². The van der Waals surface area contributed by atoms with Crippen molar-refractivity contribution in [3.05, 3.63) is 58.2 Å². The van der Waals surface area contributed by atoms with Gasteiger partial charge in [-0.05, 0) is 85.6 Å². The third-order valence-electron chi connectivity index (χ3n) is 9.79. The number of carbonyl (C=O) groups excluding carboxylic acids is 2. The molecule has 0 radical (unpaired) electrons. The van der Waals surface area contributed by atoms with E-state index in [1.807, 2.05) is 32.2 Å². The maximum absolute atomic E-state index is 12.3. The molecule has 0 saturated heterocycles. The van der Waals surface area contributed by atoms with Crippen molar-refractivity contribution in [1.82, 2.24) is 5.32 Å². The zero-order valence-corrected chi connectivity index (χ0v) is 23.0. The third kappa shape index (κ3) is 4.54. The van der Waals surface area contributed by atoms with E-state index in [1.54, 1.807) is 18.9 Å². The highest BCUT2D eigenvalue weighted by molar-refractivity contribution is 5.93. The Bertz CT molecular complexity index is 1170. The van der Waals surface area contributed by atoms with E-state index in [2.05, 4.69) is 29.5 Å². The predicted molar refractivity (Wildman–Crippen MR) is 146 cm³/mol. The minimum Gasteiger partial charge on any atom is -0.382 e. The molecule has 204 valence electrons. The van der Waals surface area contributed by atoms with Crippen LogP contribution in [0.3, 0.4) is 0 Å². The number of oxime groups is 1. The molecular formula is C31H40N2O5. The molecule has 0 heterocycles. The van der Waals surface area contributed by atoms with Crippen LogP contribution >= 0.6 is 0 Å². The number of nitrogens with zero attached hydrogens (tertiary/aromatic N) is 1. The van der Waals surface area contributed by atoms with Crippen LogP contribution in [0, 0.1) is 17.3 Å². The zero-order chi connectivity index (χ0) is 26.9. The van der Waals surface area contributed by atoms with Crippen LogP contribution in [0.15, 0.2) is 52.2 Å². The molecule has 7 heteroatoms. The van der Waals surface area contributed by atoms with Crippen molar-refractivity contribution < 1.29 is 23.9 Å². The number of fused-ring (bicyclic) bond motifs is 4. The number of carbonyl (C=O) groups is 2. The fraction of sp³-hybridized carbons (Fsp3) is 0.581. The van der Waals surface area contributed by atoms with E-state index in [9.17, 15) is 9.59 Å². The van der Waals surface area contributed by atoms with E-state index in [1.165, 1.54) is 16.7 Å². The van der Waals surface area contributed by atoms with Gasteiger partial charge in [0.2, 0.25) is 0 Å². The largest absolute Gasteiger partial charge is 0.433 e. The molecule has 1 N–H and O–H groups in total. The van der Waals surface area contributed by atoms with E-state index in [0.29, 0.717) is 31.4 Å². The second-order valence-corrected chi connectivity index (χ2v) is 11.5. The molecule has 4 aliphatic carbocycles. The molecule has 38 heavy (non-hydrogen) atoms. The summed E-state index contributed by atoms with van der Waals surface area (Å²) in [6.45, 7) is 5.34. The summed E-state index contributed by atoms with van der Waals surface area (Å²) in [6, 6.07) is 8.42. The van der Waals surface area contributed by atoms with Crippen molar-refractivity contribution >= 4 is 18.1 Å². The minimum atomic E-state index is -0.564. The van der Waals surface area contributed by atoms with Crippen LogP contribution in [0.5, 0.6) is 0 Å². The maximum atomic E-state index is 12.3. The predicted octanol–water partition coefficient (Wildman–Crippen LogP) is 5.70. The summed E-state index contributed by atoms with van der Waals surface area (Å²) in [4.78, 5) is 28.6. The molecule has 5 rings (SSSR count). The smallest absolute Gasteiger partial charge is 0.382 e. The summed E-state index contributed by atoms with van der Waals surface area (Å²) in [5.74, 6) is 1.53. The number of hydrogen-bond donors (Lipinski definition) is 1. The lowest BCUT2D eigenvalue weighted by atomic mass is 9.51. The number of ketones is 1. The quantitative estimate of drug-likeness (QED) is 0.283. The van der Waals surface area contributed by atoms with Gasteiger partial charge in [-0.25, -0.2) is 4.79 Å². The highest BCUT2D eigenvalue weighted by Crippen LogP contribution is 2.67. The van der Waals surface area contributed by atoms with Gasteiger partial charge in [-0.1, -0.05) is 41.9 Å². The normalized spacial score (nSPS) is 32.5. The highest BCUT2D eigenvalue weighted by atomic mass is 16.7. The monoisotopic (exact) mass is 520 g/mol. The van der Waals surface area contributed by atoms with Crippen molar-refractivity contribution in [3.8, 4) is 0 Å². The number of rotatable bonds is 7. The van der Waals surface area contributed by atoms with Crippen LogP contribution in [-0.2, 0) is 19.1 Å². The first kappa shape index (κ1) is 26.8. The summed E-state index contributed by atoms with van der Waals surface area (Å²) < 4.78 is 12.1. The molecule has 5 atom stereocenters. The Kier molecular flexibility index (Phi) is 7.60. The Morgan fingerprint density at radius 2 is 1.95 bits per heavy atom. The summed E-state index contributed by atoms with van der Waals surface area (Å²) in [5, 5.41) is 6.37. The number of methoxy groups -OCH3 is 2. The van der Waals surface area contributed by atoms with E-state index in [4.69, 9.17) is 14.3 Å². The van der Waals surface area contributed by atoms with Crippen molar-refractivity contribution in [2.24, 2.45) is 22.4 Å². The highest BCUT2D eigenvalue weighted by Gasteiger charge is 2.63. The number of amides is 1. The topological polar surface area (TPSA) is 86.2 Å². The molecule has 0 bridgehead atoms. The van der Waals surface area contributed by atoms with Gasteiger partial charge in [-0.15, -0.1) is 0 Å². The number of benzene rings is 1. The van der Waals surface area contributed by atoms with E-state index in [0.717, 1.165) is 44.1 Å². The second-order valence-electron chi connectivity index (χ2n) is 11.5. The first-order chi connectivity index (χ1) is 18.4. The van der Waals surface area contributed by atoms with Gasteiger partial charge < -0.3 is 14.8 Å². The molecule has 0 spiro atoms. The van der Waals surface area contributed by atoms with Crippen molar-refractivity contribution in [2.45, 2.75) is 70.3 Å². The van der Waals surface area contributed by atoms with Crippen LogP contribution in [0.1, 0.15) is 75.8 Å². The van der Waals surface area contributed by atoms with Gasteiger partial charge >= 0.3 is 6.09 Å². The van der Waals surface area contributed by atoms with Gasteiger partial charge in [0, 0.05) is 38.5 Å². The van der Waals surface area contributed by atoms with Crippen LogP contribution in [-0.4, -0.2) is 51.1 Å². The van der Waals surface area contributed by atoms with Gasteiger partial charge in [0.05, 0.1) is 18.4 Å². The number of ether oxygens (including phenoxy) is 2. The van der Waals surface area contributed by atoms with Gasteiger partial charge in [0.15, 0.2) is 5.78 Å². The first-order valence-electron chi connectivity index (χ1n) is 13.9. The Labute approximate surface area is 225 Å². The lowest BCUT2D eigenvalue weighted by Crippen LogP contribution is -2.54. The lowest BCUT2D eigenvalue weighted by molar-refractivity contribution is -0.149. The number of hydrogen-bond acceptors (Lipinski definition) is 6. The average molecular weight is 521 g/mol. The summed E-state index contributed by atoms with van der Waals surface area (Å²) >= 11 is 0. The van der Waals surface area contributed by atoms with Gasteiger partial charge in [-0.3, -0.25) is 9.63 Å². The molecule has 2 saturated carbocycles. The van der Waals surface area contributed by atoms with Crippen LogP contribution in [0.25, 0.3) is 0 Å². The molecule has 0 unspecified atom stereocenters. The second kappa shape index (κ2) is 10.8. The standard InChI is InChI=1S/C31H40N2O5/c1-5-32-29(35)38-33-18-20-6-8-21(9-7-20)26-17-30(2)27(14-15-31(30,37-4)19-36-3)25-12-10-22-16-23(34)11-13-24(22)28(25)26/h6-9,16,18,25-27H,5,10-15,17,19H2,1-4H3,(H,32,35)/t25-,26+,27-,30-,31+/m0/s1. The number of allylic oxidation sites excluding steroid dienone is 4. The van der Waals surface area contributed by atoms with Crippen LogP contribution in [0.2, 0.25) is 0 Å². The van der Waals surface area contributed by atoms with Crippen LogP contribution < -0.4 is 5.32 Å². The van der Waals surface area contributed by atoms with E-state index >= 15 is 0 Å². The average Bonchev–Trinajstić information content (AvgIpc) is 3.20. The summed E-state index contributed by atoms with van der Waals surface area (Å²) in [6.07, 6.45) is 9.57. The van der Waals surface area contributed by atoms with Crippen molar-refractivity contribution in [3.63, 3.8) is 0 Å². The summed E-state index contributed by atoms with van der Waals surface area (Å²) in [7, 11) is 3.62. The molecular weight excluding hydrogens is 480 g/mol. The molecule has 4 aliphatic rings. The van der Waals surface area contributed by atoms with Crippen molar-refractivity contribution in [2.75, 3.05) is 27.4 Å². The molecule has 2 fully saturated rings. The minimum absolute atomic E-state index is 0.0243.